The van der Waals surface area contributed by atoms with Gasteiger partial charge >= 0.3 is 0 Å². The lowest BCUT2D eigenvalue weighted by Crippen LogP contribution is -2.22. The maximum Gasteiger partial charge on any atom is 0.255 e. The van der Waals surface area contributed by atoms with Gasteiger partial charge in [-0.3, -0.25) is 9.69 Å². The van der Waals surface area contributed by atoms with Gasteiger partial charge in [0.05, 0.1) is 11.4 Å². The molecule has 0 aliphatic rings. The number of nitrogens with zero attached hydrogens (tertiary/aromatic N) is 1. The van der Waals surface area contributed by atoms with E-state index in [4.69, 9.17) is 5.73 Å². The average molecular weight is 380 g/mol. The van der Waals surface area contributed by atoms with Gasteiger partial charge < -0.3 is 11.1 Å². The van der Waals surface area contributed by atoms with Crippen LogP contribution in [0.1, 0.15) is 29.8 Å². The van der Waals surface area contributed by atoms with E-state index < -0.39 is 0 Å². The number of carbonyl (C=O) groups is 1. The fourth-order valence-electron chi connectivity index (χ4n) is 2.92. The number of benzene rings is 2. The number of nitrogens with one attached hydrogen (secondary N) is 1. The number of rotatable bonds is 7. The summed E-state index contributed by atoms with van der Waals surface area (Å²) in [4.78, 5) is 16.1. The molecular weight excluding hydrogens is 354 g/mol. The Morgan fingerprint density at radius 1 is 1.07 bits per heavy atom. The Labute approximate surface area is 164 Å². The molecule has 4 nitrogen and oxygen atoms in total. The van der Waals surface area contributed by atoms with Crippen LogP contribution in [0.25, 0.3) is 10.4 Å². The highest BCUT2D eigenvalue weighted by Gasteiger charge is 2.10. The zero-order valence-electron chi connectivity index (χ0n) is 15.7. The van der Waals surface area contributed by atoms with E-state index in [1.807, 2.05) is 53.9 Å². The van der Waals surface area contributed by atoms with E-state index >= 15 is 0 Å². The maximum absolute atomic E-state index is 12.6. The fourth-order valence-corrected chi connectivity index (χ4v) is 3.65. The third-order valence-electron chi connectivity index (χ3n) is 4.62. The monoisotopic (exact) mass is 379 g/mol. The summed E-state index contributed by atoms with van der Waals surface area (Å²) in [5.74, 6) is -0.153. The summed E-state index contributed by atoms with van der Waals surface area (Å²) in [7, 11) is 0. The van der Waals surface area contributed by atoms with Gasteiger partial charge in [0.25, 0.3) is 5.91 Å². The number of anilines is 2. The molecule has 0 radical (unpaired) electrons. The zero-order valence-corrected chi connectivity index (χ0v) is 16.6. The predicted molar refractivity (Wildman–Crippen MR) is 115 cm³/mol. The van der Waals surface area contributed by atoms with E-state index in [1.54, 1.807) is 11.3 Å². The summed E-state index contributed by atoms with van der Waals surface area (Å²) in [6.07, 6.45) is 0. The smallest absolute Gasteiger partial charge is 0.255 e. The van der Waals surface area contributed by atoms with Gasteiger partial charge in [-0.05, 0) is 59.9 Å². The molecule has 0 bridgehead atoms. The summed E-state index contributed by atoms with van der Waals surface area (Å²) in [6.45, 7) is 7.22. The van der Waals surface area contributed by atoms with Gasteiger partial charge in [0, 0.05) is 17.0 Å². The molecule has 1 amide bonds. The highest BCUT2D eigenvalue weighted by Crippen LogP contribution is 2.30. The van der Waals surface area contributed by atoms with Crippen LogP contribution >= 0.6 is 11.3 Å². The first-order valence-electron chi connectivity index (χ1n) is 9.16. The molecule has 1 heterocycles. The lowest BCUT2D eigenvalue weighted by molar-refractivity contribution is 0.102. The normalized spacial score (nSPS) is 10.9. The van der Waals surface area contributed by atoms with Gasteiger partial charge in [0.15, 0.2) is 0 Å². The summed E-state index contributed by atoms with van der Waals surface area (Å²) < 4.78 is 0. The topological polar surface area (TPSA) is 58.4 Å². The van der Waals surface area contributed by atoms with Gasteiger partial charge in [-0.15, -0.1) is 11.3 Å². The van der Waals surface area contributed by atoms with Crippen molar-refractivity contribution in [3.05, 3.63) is 71.1 Å². The van der Waals surface area contributed by atoms with Crippen LogP contribution in [0.2, 0.25) is 0 Å². The van der Waals surface area contributed by atoms with Crippen LogP contribution in [-0.4, -0.2) is 23.9 Å². The molecule has 0 aliphatic carbocycles. The van der Waals surface area contributed by atoms with Crippen molar-refractivity contribution in [3.8, 4) is 10.4 Å². The van der Waals surface area contributed by atoms with Gasteiger partial charge in [-0.2, -0.15) is 0 Å². The molecule has 3 rings (SSSR count). The first-order valence-corrected chi connectivity index (χ1v) is 10.0. The molecular formula is C22H25N3OS. The van der Waals surface area contributed by atoms with E-state index in [9.17, 15) is 4.79 Å². The number of thiophene rings is 1. The van der Waals surface area contributed by atoms with Crippen molar-refractivity contribution in [1.82, 2.24) is 4.90 Å². The third-order valence-corrected chi connectivity index (χ3v) is 5.54. The Morgan fingerprint density at radius 3 is 2.44 bits per heavy atom. The van der Waals surface area contributed by atoms with E-state index in [0.717, 1.165) is 30.1 Å². The number of carbonyl (C=O) groups excluding carboxylic acids is 1. The van der Waals surface area contributed by atoms with Crippen LogP contribution in [0.3, 0.4) is 0 Å². The number of nitrogens with two attached hydrogens (primary N) is 1. The van der Waals surface area contributed by atoms with Gasteiger partial charge in [-0.25, -0.2) is 0 Å². The van der Waals surface area contributed by atoms with Crippen LogP contribution in [0.4, 0.5) is 11.4 Å². The Bertz CT molecular complexity index is 884. The van der Waals surface area contributed by atoms with Crippen LogP contribution < -0.4 is 11.1 Å². The average Bonchev–Trinajstić information content (AvgIpc) is 3.23. The van der Waals surface area contributed by atoms with Crippen molar-refractivity contribution in [1.29, 1.82) is 0 Å². The molecule has 0 atom stereocenters. The molecule has 0 fully saturated rings. The third kappa shape index (κ3) is 4.76. The molecule has 1 aromatic heterocycles. The quantitative estimate of drug-likeness (QED) is 0.562. The summed E-state index contributed by atoms with van der Waals surface area (Å²) in [5, 5.41) is 4.97. The number of nitrogen functional groups attached to an aromatic ring is 1. The van der Waals surface area contributed by atoms with Crippen molar-refractivity contribution < 1.29 is 4.79 Å². The van der Waals surface area contributed by atoms with E-state index in [0.29, 0.717) is 16.9 Å². The van der Waals surface area contributed by atoms with Crippen molar-refractivity contribution >= 4 is 28.6 Å². The fraction of sp³-hybridized carbons (Fsp3) is 0.227. The van der Waals surface area contributed by atoms with E-state index in [-0.39, 0.29) is 5.91 Å². The summed E-state index contributed by atoms with van der Waals surface area (Å²) in [5.41, 5.74) is 10.1. The standard InChI is InChI=1S/C22H25N3OS/c1-3-25(4-2)15-16-7-9-17(10-8-16)22(26)24-20-14-18(11-12-19(20)23)21-6-5-13-27-21/h5-14H,3-4,15,23H2,1-2H3,(H,24,26). The molecule has 27 heavy (non-hydrogen) atoms. The highest BCUT2D eigenvalue weighted by molar-refractivity contribution is 7.13. The van der Waals surface area contributed by atoms with Crippen molar-refractivity contribution in [2.75, 3.05) is 24.1 Å². The SMILES string of the molecule is CCN(CC)Cc1ccc(C(=O)Nc2cc(-c3cccs3)ccc2N)cc1. The van der Waals surface area contributed by atoms with E-state index in [1.165, 1.54) is 5.56 Å². The van der Waals surface area contributed by atoms with Gasteiger partial charge in [0.1, 0.15) is 0 Å². The Balaban J connectivity index is 1.73. The van der Waals surface area contributed by atoms with Crippen molar-refractivity contribution in [2.24, 2.45) is 0 Å². The molecule has 3 N–H and O–H groups in total. The number of amides is 1. The second kappa shape index (κ2) is 8.84. The summed E-state index contributed by atoms with van der Waals surface area (Å²) in [6, 6.07) is 17.5. The lowest BCUT2D eigenvalue weighted by Gasteiger charge is -2.18. The molecule has 0 spiro atoms. The number of hydrogen-bond acceptors (Lipinski definition) is 4. The maximum atomic E-state index is 12.6. The molecule has 0 saturated carbocycles. The molecule has 0 saturated heterocycles. The second-order valence-corrected chi connectivity index (χ2v) is 7.34. The van der Waals surface area contributed by atoms with Crippen LogP contribution in [0, 0.1) is 0 Å². The van der Waals surface area contributed by atoms with Crippen LogP contribution in [-0.2, 0) is 6.54 Å². The highest BCUT2D eigenvalue weighted by atomic mass is 32.1. The predicted octanol–water partition coefficient (Wildman–Crippen LogP) is 5.09. The lowest BCUT2D eigenvalue weighted by atomic mass is 10.1. The molecule has 5 heteroatoms. The van der Waals surface area contributed by atoms with Crippen LogP contribution in [0.15, 0.2) is 60.0 Å². The molecule has 140 valence electrons. The minimum atomic E-state index is -0.153. The zero-order chi connectivity index (χ0) is 19.2. The second-order valence-electron chi connectivity index (χ2n) is 6.39. The minimum absolute atomic E-state index is 0.153. The largest absolute Gasteiger partial charge is 0.397 e. The Kier molecular flexibility index (Phi) is 6.27. The van der Waals surface area contributed by atoms with Crippen molar-refractivity contribution in [2.45, 2.75) is 20.4 Å². The minimum Gasteiger partial charge on any atom is -0.397 e. The van der Waals surface area contributed by atoms with Crippen LogP contribution in [0.5, 0.6) is 0 Å². The first kappa shape index (κ1) is 19.1. The molecule has 0 aliphatic heterocycles. The van der Waals surface area contributed by atoms with Gasteiger partial charge in [0.2, 0.25) is 0 Å². The molecule has 0 unspecified atom stereocenters. The van der Waals surface area contributed by atoms with E-state index in [2.05, 4.69) is 30.1 Å². The first-order chi connectivity index (χ1) is 13.1. The molecule has 2 aromatic carbocycles. The Morgan fingerprint density at radius 2 is 1.81 bits per heavy atom. The summed E-state index contributed by atoms with van der Waals surface area (Å²) >= 11 is 1.66. The van der Waals surface area contributed by atoms with Gasteiger partial charge in [-0.1, -0.05) is 38.1 Å². The van der Waals surface area contributed by atoms with Crippen molar-refractivity contribution in [3.63, 3.8) is 0 Å². The Hall–Kier alpha value is -2.63. The molecule has 3 aromatic rings. The number of hydrogen-bond donors (Lipinski definition) is 2.